The van der Waals surface area contributed by atoms with E-state index in [0.717, 1.165) is 39.2 Å². The molecule has 2 rings (SSSR count). The van der Waals surface area contributed by atoms with Gasteiger partial charge in [0, 0.05) is 13.1 Å². The lowest BCUT2D eigenvalue weighted by atomic mass is 10.1. The molecule has 0 aliphatic rings. The number of hydrogen-bond acceptors (Lipinski definition) is 4. The number of rotatable bonds is 11. The minimum absolute atomic E-state index is 0.211. The summed E-state index contributed by atoms with van der Waals surface area (Å²) in [4.78, 5) is 28.1. The summed E-state index contributed by atoms with van der Waals surface area (Å²) in [6, 6.07) is 12.4. The van der Waals surface area contributed by atoms with Crippen LogP contribution in [0.15, 0.2) is 42.5 Å². The Bertz CT molecular complexity index is 1110. The van der Waals surface area contributed by atoms with Gasteiger partial charge in [-0.1, -0.05) is 55.8 Å². The topological polar surface area (TPSA) is 86.8 Å². The molecule has 0 aliphatic carbocycles. The van der Waals surface area contributed by atoms with Crippen molar-refractivity contribution in [2.75, 3.05) is 23.7 Å². The zero-order valence-electron chi connectivity index (χ0n) is 21.1. The quantitative estimate of drug-likeness (QED) is 0.523. The van der Waals surface area contributed by atoms with Crippen molar-refractivity contribution in [3.05, 3.63) is 64.7 Å². The van der Waals surface area contributed by atoms with E-state index < -0.39 is 22.0 Å². The highest BCUT2D eigenvalue weighted by Gasteiger charge is 2.32. The van der Waals surface area contributed by atoms with Gasteiger partial charge in [-0.25, -0.2) is 8.42 Å². The Morgan fingerprint density at radius 3 is 2.29 bits per heavy atom. The van der Waals surface area contributed by atoms with Gasteiger partial charge in [-0.3, -0.25) is 13.9 Å². The minimum Gasteiger partial charge on any atom is -0.354 e. The van der Waals surface area contributed by atoms with E-state index in [1.165, 1.54) is 4.90 Å². The second kappa shape index (κ2) is 12.0. The zero-order valence-corrected chi connectivity index (χ0v) is 21.9. The number of benzene rings is 2. The number of hydrogen-bond donors (Lipinski definition) is 1. The predicted octanol–water partition coefficient (Wildman–Crippen LogP) is 3.71. The number of carbonyl (C=O) groups is 2. The molecule has 0 unspecified atom stereocenters. The molecular formula is C26H37N3O4S. The van der Waals surface area contributed by atoms with Crippen LogP contribution >= 0.6 is 0 Å². The molecule has 0 radical (unpaired) electrons. The fraction of sp³-hybridized carbons (Fsp3) is 0.462. The normalized spacial score (nSPS) is 12.2. The minimum atomic E-state index is -3.75. The summed E-state index contributed by atoms with van der Waals surface area (Å²) in [6.07, 6.45) is 2.29. The molecule has 0 aliphatic heterocycles. The lowest BCUT2D eigenvalue weighted by Gasteiger charge is -2.33. The summed E-state index contributed by atoms with van der Waals surface area (Å²) in [7, 11) is -3.75. The van der Waals surface area contributed by atoms with Crippen molar-refractivity contribution in [3.8, 4) is 0 Å². The molecule has 0 bridgehead atoms. The van der Waals surface area contributed by atoms with Crippen molar-refractivity contribution in [2.24, 2.45) is 0 Å². The van der Waals surface area contributed by atoms with Gasteiger partial charge in [-0.05, 0) is 56.4 Å². The molecule has 2 aromatic rings. The van der Waals surface area contributed by atoms with Gasteiger partial charge < -0.3 is 10.2 Å². The third-order valence-corrected chi connectivity index (χ3v) is 7.02. The first kappa shape index (κ1) is 27.4. The highest BCUT2D eigenvalue weighted by Crippen LogP contribution is 2.25. The third kappa shape index (κ3) is 7.06. The number of carbonyl (C=O) groups excluding carboxylic acids is 2. The highest BCUT2D eigenvalue weighted by molar-refractivity contribution is 7.92. The van der Waals surface area contributed by atoms with Crippen LogP contribution in [0.4, 0.5) is 5.69 Å². The van der Waals surface area contributed by atoms with Crippen molar-refractivity contribution in [1.82, 2.24) is 10.2 Å². The molecule has 1 atom stereocenters. The van der Waals surface area contributed by atoms with E-state index in [9.17, 15) is 18.0 Å². The molecule has 2 aromatic carbocycles. The summed E-state index contributed by atoms with van der Waals surface area (Å²) >= 11 is 0. The van der Waals surface area contributed by atoms with Crippen LogP contribution in [-0.2, 0) is 26.2 Å². The standard InChI is InChI=1S/C26H37N3O4S/c1-7-15-27-26(31)23(8-2)28(17-22-13-9-11-19(3)16-22)25(30)18-29(34(6,32)33)24-14-10-12-20(4)21(24)5/h9-14,16,23H,7-8,15,17-18H2,1-6H3,(H,27,31)/t23-/m0/s1. The molecule has 0 aromatic heterocycles. The van der Waals surface area contributed by atoms with Crippen LogP contribution in [0.1, 0.15) is 48.9 Å². The monoisotopic (exact) mass is 487 g/mol. The maximum absolute atomic E-state index is 13.7. The van der Waals surface area contributed by atoms with Crippen LogP contribution in [0, 0.1) is 20.8 Å². The van der Waals surface area contributed by atoms with Crippen molar-refractivity contribution in [2.45, 2.75) is 60.0 Å². The summed E-state index contributed by atoms with van der Waals surface area (Å²) < 4.78 is 26.6. The van der Waals surface area contributed by atoms with Crippen LogP contribution in [0.3, 0.4) is 0 Å². The van der Waals surface area contributed by atoms with E-state index >= 15 is 0 Å². The second-order valence-electron chi connectivity index (χ2n) is 8.71. The van der Waals surface area contributed by atoms with Crippen molar-refractivity contribution in [3.63, 3.8) is 0 Å². The van der Waals surface area contributed by atoms with Crippen LogP contribution < -0.4 is 9.62 Å². The van der Waals surface area contributed by atoms with E-state index in [0.29, 0.717) is 18.7 Å². The Morgan fingerprint density at radius 1 is 1.03 bits per heavy atom. The number of amides is 2. The lowest BCUT2D eigenvalue weighted by molar-refractivity contribution is -0.140. The molecule has 0 spiro atoms. The fourth-order valence-corrected chi connectivity index (χ4v) is 4.79. The average Bonchev–Trinajstić information content (AvgIpc) is 2.77. The van der Waals surface area contributed by atoms with Crippen molar-refractivity contribution >= 4 is 27.5 Å². The second-order valence-corrected chi connectivity index (χ2v) is 10.6. The Labute approximate surface area is 204 Å². The summed E-state index contributed by atoms with van der Waals surface area (Å²) in [5.41, 5.74) is 4.11. The molecular weight excluding hydrogens is 450 g/mol. The number of nitrogens with one attached hydrogen (secondary N) is 1. The van der Waals surface area contributed by atoms with Crippen molar-refractivity contribution < 1.29 is 18.0 Å². The van der Waals surface area contributed by atoms with E-state index in [1.807, 2.05) is 65.0 Å². The first-order chi connectivity index (χ1) is 16.0. The first-order valence-corrected chi connectivity index (χ1v) is 13.5. The molecule has 7 nitrogen and oxygen atoms in total. The molecule has 2 amide bonds. The smallest absolute Gasteiger partial charge is 0.244 e. The molecule has 1 N–H and O–H groups in total. The van der Waals surface area contributed by atoms with Gasteiger partial charge in [0.05, 0.1) is 11.9 Å². The lowest BCUT2D eigenvalue weighted by Crippen LogP contribution is -2.52. The third-order valence-electron chi connectivity index (χ3n) is 5.89. The number of anilines is 1. The summed E-state index contributed by atoms with van der Waals surface area (Å²) in [5, 5.41) is 2.88. The molecule has 0 heterocycles. The van der Waals surface area contributed by atoms with Gasteiger partial charge in [0.15, 0.2) is 0 Å². The molecule has 0 saturated carbocycles. The summed E-state index contributed by atoms with van der Waals surface area (Å²) in [6.45, 7) is 9.86. The average molecular weight is 488 g/mol. The molecule has 0 fully saturated rings. The number of nitrogens with zero attached hydrogens (tertiary/aromatic N) is 2. The highest BCUT2D eigenvalue weighted by atomic mass is 32.2. The van der Waals surface area contributed by atoms with Crippen LogP contribution in [0.2, 0.25) is 0 Å². The van der Waals surface area contributed by atoms with E-state index in [4.69, 9.17) is 0 Å². The Hall–Kier alpha value is -2.87. The summed E-state index contributed by atoms with van der Waals surface area (Å²) in [5.74, 6) is -0.658. The van der Waals surface area contributed by atoms with Crippen LogP contribution in [0.5, 0.6) is 0 Å². The SMILES string of the molecule is CCCNC(=O)[C@H](CC)N(Cc1cccc(C)c1)C(=O)CN(c1cccc(C)c1C)S(C)(=O)=O. The molecule has 8 heteroatoms. The molecule has 0 saturated heterocycles. The van der Waals surface area contributed by atoms with Gasteiger partial charge >= 0.3 is 0 Å². The van der Waals surface area contributed by atoms with E-state index in [1.54, 1.807) is 12.1 Å². The maximum atomic E-state index is 13.7. The molecule has 186 valence electrons. The van der Waals surface area contributed by atoms with Gasteiger partial charge in [0.25, 0.3) is 0 Å². The molecule has 34 heavy (non-hydrogen) atoms. The van der Waals surface area contributed by atoms with Gasteiger partial charge in [0.2, 0.25) is 21.8 Å². The Kier molecular flexibility index (Phi) is 9.67. The van der Waals surface area contributed by atoms with Gasteiger partial charge in [-0.15, -0.1) is 0 Å². The van der Waals surface area contributed by atoms with Crippen LogP contribution in [0.25, 0.3) is 0 Å². The van der Waals surface area contributed by atoms with Gasteiger partial charge in [0.1, 0.15) is 12.6 Å². The first-order valence-electron chi connectivity index (χ1n) is 11.7. The van der Waals surface area contributed by atoms with Crippen LogP contribution in [-0.4, -0.2) is 50.5 Å². The predicted molar refractivity (Wildman–Crippen MR) is 137 cm³/mol. The van der Waals surface area contributed by atoms with Gasteiger partial charge in [-0.2, -0.15) is 0 Å². The number of sulfonamides is 1. The largest absolute Gasteiger partial charge is 0.354 e. The zero-order chi connectivity index (χ0) is 25.5. The van der Waals surface area contributed by atoms with Crippen molar-refractivity contribution in [1.29, 1.82) is 0 Å². The maximum Gasteiger partial charge on any atom is 0.244 e. The fourth-order valence-electron chi connectivity index (χ4n) is 3.89. The Morgan fingerprint density at radius 2 is 1.71 bits per heavy atom. The van der Waals surface area contributed by atoms with E-state index in [-0.39, 0.29) is 19.0 Å². The number of aryl methyl sites for hydroxylation is 2. The van der Waals surface area contributed by atoms with E-state index in [2.05, 4.69) is 5.32 Å². The Balaban J connectivity index is 2.47.